The normalized spacial score (nSPS) is 21.9. The highest BCUT2D eigenvalue weighted by molar-refractivity contribution is 7.13. The predicted octanol–water partition coefficient (Wildman–Crippen LogP) is 0.511. The van der Waals surface area contributed by atoms with Crippen LogP contribution in [0.3, 0.4) is 0 Å². The second-order valence-electron chi connectivity index (χ2n) is 4.45. The Kier molecular flexibility index (Phi) is 3.57. The third kappa shape index (κ3) is 2.61. The summed E-state index contributed by atoms with van der Waals surface area (Å²) in [6, 6.07) is 1.27. The first-order valence-corrected chi connectivity index (χ1v) is 7.03. The monoisotopic (exact) mass is 291 g/mol. The Hall–Kier alpha value is -2.06. The minimum absolute atomic E-state index is 0.185. The number of aliphatic hydroxyl groups excluding tert-OH is 1. The number of β-amino-alcohol motifs (C(OH)–C–C–N with tert-alkyl or cyclic N) is 1. The van der Waals surface area contributed by atoms with E-state index in [1.807, 2.05) is 0 Å². The summed E-state index contributed by atoms with van der Waals surface area (Å²) in [6.45, 7) is 0.382. The van der Waals surface area contributed by atoms with Crippen LogP contribution in [0.1, 0.15) is 6.42 Å². The number of carbonyl (C=O) groups is 1. The molecule has 1 saturated heterocycles. The average molecular weight is 291 g/mol. The SMILES string of the molecule is O=C(Nc1nccs1)C1CC(O)CN1c1ccncn1. The maximum absolute atomic E-state index is 12.3. The molecule has 2 N–H and O–H groups in total. The van der Waals surface area contributed by atoms with Gasteiger partial charge in [0.25, 0.3) is 0 Å². The Balaban J connectivity index is 1.78. The molecule has 2 unspecified atom stereocenters. The number of amides is 1. The summed E-state index contributed by atoms with van der Waals surface area (Å²) in [5.74, 6) is 0.450. The molecule has 8 heteroatoms. The lowest BCUT2D eigenvalue weighted by atomic mass is 10.2. The van der Waals surface area contributed by atoms with Crippen LogP contribution in [0.2, 0.25) is 0 Å². The number of aromatic nitrogens is 3. The summed E-state index contributed by atoms with van der Waals surface area (Å²) in [4.78, 5) is 26.1. The van der Waals surface area contributed by atoms with Crippen LogP contribution in [0.4, 0.5) is 10.9 Å². The molecule has 104 valence electrons. The molecule has 0 radical (unpaired) electrons. The van der Waals surface area contributed by atoms with Crippen molar-refractivity contribution >= 4 is 28.2 Å². The van der Waals surface area contributed by atoms with Crippen LogP contribution < -0.4 is 10.2 Å². The lowest BCUT2D eigenvalue weighted by Crippen LogP contribution is -2.40. The fourth-order valence-corrected chi connectivity index (χ4v) is 2.77. The van der Waals surface area contributed by atoms with E-state index >= 15 is 0 Å². The molecule has 0 saturated carbocycles. The zero-order valence-electron chi connectivity index (χ0n) is 10.5. The van der Waals surface area contributed by atoms with Crippen LogP contribution in [0.15, 0.2) is 30.2 Å². The molecule has 1 fully saturated rings. The standard InChI is InChI=1S/C12H13N5O2S/c18-8-5-9(11(19)16-12-14-3-4-20-12)17(6-8)10-1-2-13-7-15-10/h1-4,7-9,18H,5-6H2,(H,14,16,19). The molecule has 3 heterocycles. The molecule has 3 rings (SSSR count). The van der Waals surface area contributed by atoms with Gasteiger partial charge in [-0.1, -0.05) is 0 Å². The van der Waals surface area contributed by atoms with Gasteiger partial charge >= 0.3 is 0 Å². The molecule has 0 aromatic carbocycles. The summed E-state index contributed by atoms with van der Waals surface area (Å²) >= 11 is 1.36. The second-order valence-corrected chi connectivity index (χ2v) is 5.35. The Morgan fingerprint density at radius 1 is 1.45 bits per heavy atom. The summed E-state index contributed by atoms with van der Waals surface area (Å²) in [5.41, 5.74) is 0. The molecule has 1 aliphatic heterocycles. The Morgan fingerprint density at radius 3 is 3.05 bits per heavy atom. The van der Waals surface area contributed by atoms with E-state index in [1.54, 1.807) is 28.7 Å². The van der Waals surface area contributed by atoms with Crippen molar-refractivity contribution in [3.05, 3.63) is 30.2 Å². The van der Waals surface area contributed by atoms with Crippen molar-refractivity contribution in [2.45, 2.75) is 18.6 Å². The Bertz CT molecular complexity index is 577. The maximum atomic E-state index is 12.3. The van der Waals surface area contributed by atoms with Crippen molar-refractivity contribution in [1.29, 1.82) is 0 Å². The van der Waals surface area contributed by atoms with Crippen molar-refractivity contribution in [2.24, 2.45) is 0 Å². The van der Waals surface area contributed by atoms with Gasteiger partial charge in [0.1, 0.15) is 18.2 Å². The van der Waals surface area contributed by atoms with E-state index in [4.69, 9.17) is 0 Å². The summed E-state index contributed by atoms with van der Waals surface area (Å²) in [6.07, 6.45) is 4.50. The van der Waals surface area contributed by atoms with E-state index in [1.165, 1.54) is 17.7 Å². The third-order valence-corrected chi connectivity index (χ3v) is 3.79. The van der Waals surface area contributed by atoms with E-state index in [0.717, 1.165) is 0 Å². The van der Waals surface area contributed by atoms with E-state index in [9.17, 15) is 9.90 Å². The summed E-state index contributed by atoms with van der Waals surface area (Å²) < 4.78 is 0. The van der Waals surface area contributed by atoms with Crippen LogP contribution in [-0.2, 0) is 4.79 Å². The molecule has 0 aliphatic carbocycles. The van der Waals surface area contributed by atoms with Gasteiger partial charge in [0, 0.05) is 30.7 Å². The van der Waals surface area contributed by atoms with Gasteiger partial charge < -0.3 is 15.3 Å². The van der Waals surface area contributed by atoms with Gasteiger partial charge in [0.05, 0.1) is 6.10 Å². The number of carbonyl (C=O) groups excluding carboxylic acids is 1. The molecule has 7 nitrogen and oxygen atoms in total. The van der Waals surface area contributed by atoms with E-state index < -0.39 is 12.1 Å². The van der Waals surface area contributed by atoms with Crippen LogP contribution in [-0.4, -0.2) is 44.7 Å². The minimum Gasteiger partial charge on any atom is -0.391 e. The first kappa shape index (κ1) is 12.9. The average Bonchev–Trinajstić information content (AvgIpc) is 3.09. The molecule has 2 aromatic rings. The van der Waals surface area contributed by atoms with Gasteiger partial charge in [-0.3, -0.25) is 4.79 Å². The number of aliphatic hydroxyl groups is 1. The Morgan fingerprint density at radius 2 is 2.35 bits per heavy atom. The molecule has 2 aromatic heterocycles. The second kappa shape index (κ2) is 5.51. The smallest absolute Gasteiger partial charge is 0.249 e. The molecule has 1 aliphatic rings. The van der Waals surface area contributed by atoms with E-state index in [0.29, 0.717) is 23.9 Å². The first-order valence-electron chi connectivity index (χ1n) is 6.15. The molecule has 0 bridgehead atoms. The van der Waals surface area contributed by atoms with Crippen LogP contribution in [0, 0.1) is 0 Å². The van der Waals surface area contributed by atoms with Crippen LogP contribution >= 0.6 is 11.3 Å². The number of anilines is 2. The van der Waals surface area contributed by atoms with Crippen molar-refractivity contribution in [3.8, 4) is 0 Å². The van der Waals surface area contributed by atoms with Gasteiger partial charge in [-0.05, 0) is 6.07 Å². The number of rotatable bonds is 3. The maximum Gasteiger partial charge on any atom is 0.249 e. The number of nitrogens with one attached hydrogen (secondary N) is 1. The Labute approximate surface area is 119 Å². The molecular formula is C12H13N5O2S. The number of nitrogens with zero attached hydrogens (tertiary/aromatic N) is 4. The summed E-state index contributed by atoms with van der Waals surface area (Å²) in [5, 5.41) is 14.9. The third-order valence-electron chi connectivity index (χ3n) is 3.10. The highest BCUT2D eigenvalue weighted by Gasteiger charge is 2.37. The topological polar surface area (TPSA) is 91.2 Å². The van der Waals surface area contributed by atoms with E-state index in [-0.39, 0.29) is 5.91 Å². The lowest BCUT2D eigenvalue weighted by Gasteiger charge is -2.23. The van der Waals surface area contributed by atoms with Crippen molar-refractivity contribution < 1.29 is 9.90 Å². The zero-order chi connectivity index (χ0) is 13.9. The van der Waals surface area contributed by atoms with Gasteiger partial charge in [-0.25, -0.2) is 15.0 Å². The van der Waals surface area contributed by atoms with Gasteiger partial charge in [0.2, 0.25) is 5.91 Å². The molecule has 1 amide bonds. The van der Waals surface area contributed by atoms with Crippen molar-refractivity contribution in [2.75, 3.05) is 16.8 Å². The lowest BCUT2D eigenvalue weighted by molar-refractivity contribution is -0.117. The number of thiazole rings is 1. The van der Waals surface area contributed by atoms with Crippen LogP contribution in [0.5, 0.6) is 0 Å². The van der Waals surface area contributed by atoms with Crippen molar-refractivity contribution in [1.82, 2.24) is 15.0 Å². The number of hydrogen-bond donors (Lipinski definition) is 2. The highest BCUT2D eigenvalue weighted by Crippen LogP contribution is 2.25. The van der Waals surface area contributed by atoms with Crippen molar-refractivity contribution in [3.63, 3.8) is 0 Å². The summed E-state index contributed by atoms with van der Waals surface area (Å²) in [7, 11) is 0. The molecule has 2 atom stereocenters. The van der Waals surface area contributed by atoms with Gasteiger partial charge in [-0.15, -0.1) is 11.3 Å². The largest absolute Gasteiger partial charge is 0.391 e. The fourth-order valence-electron chi connectivity index (χ4n) is 2.24. The van der Waals surface area contributed by atoms with Crippen LogP contribution in [0.25, 0.3) is 0 Å². The predicted molar refractivity (Wildman–Crippen MR) is 74.5 cm³/mol. The zero-order valence-corrected chi connectivity index (χ0v) is 11.3. The number of hydrogen-bond acceptors (Lipinski definition) is 7. The highest BCUT2D eigenvalue weighted by atomic mass is 32.1. The van der Waals surface area contributed by atoms with E-state index in [2.05, 4.69) is 20.3 Å². The molecule has 0 spiro atoms. The quantitative estimate of drug-likeness (QED) is 0.856. The van der Waals surface area contributed by atoms with Gasteiger partial charge in [0.15, 0.2) is 5.13 Å². The molecule has 20 heavy (non-hydrogen) atoms. The molecular weight excluding hydrogens is 278 g/mol. The van der Waals surface area contributed by atoms with Gasteiger partial charge in [-0.2, -0.15) is 0 Å². The fraction of sp³-hybridized carbons (Fsp3) is 0.333. The first-order chi connectivity index (χ1) is 9.74. The minimum atomic E-state index is -0.544.